The van der Waals surface area contributed by atoms with Crippen LogP contribution in [0, 0.1) is 116 Å². The number of carbonyl (C=O) groups is 2. The maximum atomic E-state index is 13.3. The number of aliphatic hydroxyl groups is 2. The van der Waals surface area contributed by atoms with E-state index in [1.165, 1.54) is 82.1 Å². The SMILES string of the molecule is CON(C)C(=O)[C@H]1CC[C@H]2[C@@H]3CC[C@@H]4C[C@](C)(O)CC[C@@H]4[C@H]3CC[C@]12C.Cc1nc(C)c(C)o1.Cc1nc(CC(=O)[C@H]2CC[C@H]3[C@@H]4CC[C@@H]5C[C@](C)(O)CC[C@@H]5[C@H]4CC[C@]23C)oc1C. The number of nitrogens with zero attached hydrogens (tertiary/aromatic N) is 3. The third-order valence-corrected chi connectivity index (χ3v) is 20.3. The number of rotatable bonds is 5. The van der Waals surface area contributed by atoms with Crippen molar-refractivity contribution in [2.24, 2.45) is 81.8 Å². The average molecular weight is 888 g/mol. The molecule has 2 heterocycles. The van der Waals surface area contributed by atoms with Crippen molar-refractivity contribution in [2.75, 3.05) is 14.2 Å². The van der Waals surface area contributed by atoms with Crippen molar-refractivity contribution in [1.29, 1.82) is 0 Å². The number of carbonyl (C=O) groups excluding carboxylic acids is 2. The molecular weight excluding hydrogens is 803 g/mol. The molecule has 0 unspecified atom stereocenters. The van der Waals surface area contributed by atoms with Gasteiger partial charge in [-0.1, -0.05) is 13.8 Å². The topological polar surface area (TPSA) is 139 Å². The van der Waals surface area contributed by atoms with Crippen molar-refractivity contribution >= 4 is 11.7 Å². The van der Waals surface area contributed by atoms with Gasteiger partial charge in [-0.15, -0.1) is 0 Å². The van der Waals surface area contributed by atoms with Gasteiger partial charge in [-0.2, -0.15) is 0 Å². The van der Waals surface area contributed by atoms with E-state index in [9.17, 15) is 19.8 Å². The number of aryl methyl sites for hydroxylation is 5. The largest absolute Gasteiger partial charge is 0.446 e. The number of ketones is 1. The summed E-state index contributed by atoms with van der Waals surface area (Å²) in [6.07, 6.45) is 21.3. The Kier molecular flexibility index (Phi) is 13.6. The Labute approximate surface area is 385 Å². The second-order valence-electron chi connectivity index (χ2n) is 24.0. The van der Waals surface area contributed by atoms with Crippen LogP contribution in [0.2, 0.25) is 0 Å². The molecule has 8 aliphatic carbocycles. The van der Waals surface area contributed by atoms with E-state index in [0.717, 1.165) is 115 Å². The van der Waals surface area contributed by atoms with E-state index in [2.05, 4.69) is 23.8 Å². The van der Waals surface area contributed by atoms with E-state index in [-0.39, 0.29) is 28.6 Å². The highest BCUT2D eigenvalue weighted by Gasteiger charge is 2.61. The quantitative estimate of drug-likeness (QED) is 0.281. The van der Waals surface area contributed by atoms with Gasteiger partial charge in [0, 0.05) is 25.8 Å². The summed E-state index contributed by atoms with van der Waals surface area (Å²) in [4.78, 5) is 39.9. The molecule has 0 spiro atoms. The van der Waals surface area contributed by atoms with Crippen molar-refractivity contribution in [2.45, 2.75) is 196 Å². The number of amides is 1. The lowest BCUT2D eigenvalue weighted by molar-refractivity contribution is -0.180. The fourth-order valence-electron chi connectivity index (χ4n) is 16.9. The van der Waals surface area contributed by atoms with Crippen LogP contribution in [0.1, 0.15) is 178 Å². The molecule has 0 saturated heterocycles. The molecule has 1 amide bonds. The van der Waals surface area contributed by atoms with Crippen LogP contribution in [0.15, 0.2) is 8.83 Å². The third-order valence-electron chi connectivity index (χ3n) is 20.3. The maximum absolute atomic E-state index is 13.3. The smallest absolute Gasteiger partial charge is 0.249 e. The highest BCUT2D eigenvalue weighted by atomic mass is 16.7. The van der Waals surface area contributed by atoms with E-state index in [0.29, 0.717) is 29.9 Å². The first-order chi connectivity index (χ1) is 30.1. The highest BCUT2D eigenvalue weighted by Crippen LogP contribution is 2.66. The Bertz CT molecular complexity index is 1950. The molecule has 0 aliphatic heterocycles. The minimum absolute atomic E-state index is 0.128. The third kappa shape index (κ3) is 9.09. The molecule has 2 aromatic heterocycles. The predicted octanol–water partition coefficient (Wildman–Crippen LogP) is 11.0. The minimum Gasteiger partial charge on any atom is -0.446 e. The molecule has 0 bridgehead atoms. The molecule has 2 aromatic rings. The van der Waals surface area contributed by atoms with Gasteiger partial charge in [-0.3, -0.25) is 14.4 Å². The second kappa shape index (κ2) is 18.2. The van der Waals surface area contributed by atoms with Crippen LogP contribution in [0.5, 0.6) is 0 Å². The van der Waals surface area contributed by atoms with E-state index in [4.69, 9.17) is 13.7 Å². The lowest BCUT2D eigenvalue weighted by Crippen LogP contribution is -2.51. The zero-order valence-corrected chi connectivity index (χ0v) is 41.6. The van der Waals surface area contributed by atoms with Gasteiger partial charge >= 0.3 is 0 Å². The lowest BCUT2D eigenvalue weighted by atomic mass is 9.49. The molecule has 8 saturated carbocycles. The fourth-order valence-corrected chi connectivity index (χ4v) is 16.9. The van der Waals surface area contributed by atoms with Crippen LogP contribution in [0.3, 0.4) is 0 Å². The number of hydroxylamine groups is 2. The maximum Gasteiger partial charge on any atom is 0.249 e. The van der Waals surface area contributed by atoms with Crippen LogP contribution >= 0.6 is 0 Å². The van der Waals surface area contributed by atoms with Crippen molar-refractivity contribution in [3.05, 3.63) is 34.7 Å². The van der Waals surface area contributed by atoms with Gasteiger partial charge in [0.05, 0.1) is 36.1 Å². The lowest BCUT2D eigenvalue weighted by Gasteiger charge is -2.56. The van der Waals surface area contributed by atoms with E-state index in [1.807, 2.05) is 48.5 Å². The zero-order valence-electron chi connectivity index (χ0n) is 41.6. The Hall–Kier alpha value is -2.56. The molecule has 0 aromatic carbocycles. The first kappa shape index (κ1) is 47.9. The Morgan fingerprint density at radius 1 is 0.609 bits per heavy atom. The van der Waals surface area contributed by atoms with Crippen molar-refractivity contribution in [3.8, 4) is 0 Å². The van der Waals surface area contributed by atoms with E-state index >= 15 is 0 Å². The molecule has 8 fully saturated rings. The van der Waals surface area contributed by atoms with Crippen LogP contribution in [0.4, 0.5) is 0 Å². The van der Waals surface area contributed by atoms with Gasteiger partial charge in [0.2, 0.25) is 11.8 Å². The summed E-state index contributed by atoms with van der Waals surface area (Å²) in [6.45, 7) is 18.5. The van der Waals surface area contributed by atoms with Gasteiger partial charge < -0.3 is 19.0 Å². The summed E-state index contributed by atoms with van der Waals surface area (Å²) < 4.78 is 10.8. The number of aromatic nitrogens is 2. The van der Waals surface area contributed by atoms with E-state index < -0.39 is 11.2 Å². The molecule has 10 rings (SSSR count). The molecule has 16 atom stereocenters. The van der Waals surface area contributed by atoms with Gasteiger partial charge in [0.15, 0.2) is 5.89 Å². The average Bonchev–Trinajstić information content (AvgIpc) is 3.96. The zero-order chi connectivity index (χ0) is 46.1. The summed E-state index contributed by atoms with van der Waals surface area (Å²) >= 11 is 0. The van der Waals surface area contributed by atoms with Crippen LogP contribution in [-0.2, 0) is 20.8 Å². The van der Waals surface area contributed by atoms with Gasteiger partial charge in [0.1, 0.15) is 17.3 Å². The van der Waals surface area contributed by atoms with Crippen molar-refractivity contribution < 1.29 is 33.5 Å². The molecule has 64 heavy (non-hydrogen) atoms. The summed E-state index contributed by atoms with van der Waals surface area (Å²) in [5, 5.41) is 22.6. The summed E-state index contributed by atoms with van der Waals surface area (Å²) in [6, 6.07) is 0. The molecule has 0 radical (unpaired) electrons. The van der Waals surface area contributed by atoms with Crippen LogP contribution in [-0.4, -0.2) is 62.3 Å². The minimum atomic E-state index is -0.446. The molecule has 8 aliphatic rings. The number of fused-ring (bicyclic) bond motifs is 10. The molecule has 10 heteroatoms. The van der Waals surface area contributed by atoms with Gasteiger partial charge in [-0.05, 0) is 227 Å². The normalized spacial score (nSPS) is 43.1. The van der Waals surface area contributed by atoms with Crippen molar-refractivity contribution in [1.82, 2.24) is 15.0 Å². The van der Waals surface area contributed by atoms with Gasteiger partial charge in [-0.25, -0.2) is 15.0 Å². The number of oxazole rings is 2. The molecule has 10 nitrogen and oxygen atoms in total. The Balaban J connectivity index is 0.000000150. The second-order valence-corrected chi connectivity index (χ2v) is 24.0. The number of Topliss-reactive ketones (excluding diaryl/α,β-unsaturated/α-hetero) is 1. The molecule has 2 N–H and O–H groups in total. The number of hydrogen-bond acceptors (Lipinski definition) is 9. The Morgan fingerprint density at radius 2 is 1.08 bits per heavy atom. The van der Waals surface area contributed by atoms with Gasteiger partial charge in [0.25, 0.3) is 0 Å². The first-order valence-electron chi connectivity index (χ1n) is 25.8. The monoisotopic (exact) mass is 888 g/mol. The fraction of sp³-hybridized carbons (Fsp3) is 0.852. The standard InChI is InChI=1S/C26H39NO3.C22H37NO3.C6H9NO/c1-15-16(2)30-24(27-15)13-23(28)22-8-7-21-20-6-5-17-14-25(3,29)11-9-18(17)19(20)10-12-26(21,22)4;1-21(25)11-9-15-14(13-21)5-6-17-16(15)10-12-22(2)18(17)7-8-19(22)20(24)23(3)26-4;1-4-5(2)8-6(3)7-4/h17-22,29H,5-14H2,1-4H3;14-19,25H,5-13H2,1-4H3;1-3H3/t17-,18+,19-,20-,21+,22-,25-,26+;14-,15+,16-,17-,18+,19-,21-,22+;/m11./s1. The molecule has 358 valence electrons. The highest BCUT2D eigenvalue weighted by molar-refractivity contribution is 5.83. The summed E-state index contributed by atoms with van der Waals surface area (Å²) in [5.41, 5.74) is 1.31. The van der Waals surface area contributed by atoms with Crippen molar-refractivity contribution in [3.63, 3.8) is 0 Å². The molecular formula is C54H85N3O7. The summed E-state index contributed by atoms with van der Waals surface area (Å²) in [7, 11) is 3.34. The number of hydrogen-bond donors (Lipinski definition) is 2. The summed E-state index contributed by atoms with van der Waals surface area (Å²) in [5.74, 6) is 11.6. The first-order valence-corrected chi connectivity index (χ1v) is 25.8. The van der Waals surface area contributed by atoms with E-state index in [1.54, 1.807) is 14.2 Å². The van der Waals surface area contributed by atoms with Crippen LogP contribution in [0.25, 0.3) is 0 Å². The Morgan fingerprint density at radius 3 is 1.52 bits per heavy atom. The predicted molar refractivity (Wildman–Crippen MR) is 248 cm³/mol. The van der Waals surface area contributed by atoms with Crippen LogP contribution < -0.4 is 0 Å².